The Morgan fingerprint density at radius 3 is 2.81 bits per heavy atom. The number of nitrogens with one attached hydrogen (secondary N) is 1. The Morgan fingerprint density at radius 1 is 1.19 bits per heavy atom. The lowest BCUT2D eigenvalue weighted by Gasteiger charge is -2.12. The molecule has 0 aliphatic carbocycles. The molecule has 21 heavy (non-hydrogen) atoms. The maximum Gasteiger partial charge on any atom is 0.179 e. The number of benzene rings is 1. The summed E-state index contributed by atoms with van der Waals surface area (Å²) in [7, 11) is 4.21. The summed E-state index contributed by atoms with van der Waals surface area (Å²) >= 11 is 6.28. The van der Waals surface area contributed by atoms with E-state index in [1.165, 1.54) is 12.8 Å². The van der Waals surface area contributed by atoms with Crippen molar-refractivity contribution in [2.75, 3.05) is 40.4 Å². The minimum Gasteiger partial charge on any atom is -0.489 e. The van der Waals surface area contributed by atoms with E-state index in [2.05, 4.69) is 24.3 Å². The van der Waals surface area contributed by atoms with Gasteiger partial charge in [-0.15, -0.1) is 0 Å². The Balaban J connectivity index is 1.81. The molecule has 0 bridgehead atoms. The van der Waals surface area contributed by atoms with Crippen LogP contribution in [0.1, 0.15) is 24.8 Å². The summed E-state index contributed by atoms with van der Waals surface area (Å²) in [6, 6.07) is 3.99. The van der Waals surface area contributed by atoms with Crippen LogP contribution in [0, 0.1) is 0 Å². The normalized spacial score (nSPS) is 14.3. The Kier molecular flexibility index (Phi) is 6.61. The molecule has 0 aromatic heterocycles. The van der Waals surface area contributed by atoms with Crippen LogP contribution in [0.3, 0.4) is 0 Å². The third-order valence-electron chi connectivity index (χ3n) is 3.40. The first kappa shape index (κ1) is 16.4. The second kappa shape index (κ2) is 8.47. The van der Waals surface area contributed by atoms with Gasteiger partial charge in [-0.2, -0.15) is 0 Å². The highest BCUT2D eigenvalue weighted by molar-refractivity contribution is 6.32. The molecule has 0 radical (unpaired) electrons. The van der Waals surface area contributed by atoms with Gasteiger partial charge in [0.1, 0.15) is 0 Å². The summed E-state index contributed by atoms with van der Waals surface area (Å²) < 4.78 is 11.3. The highest BCUT2D eigenvalue weighted by Crippen LogP contribution is 2.37. The third-order valence-corrected chi connectivity index (χ3v) is 3.68. The van der Waals surface area contributed by atoms with Gasteiger partial charge < -0.3 is 19.7 Å². The molecule has 1 N–H and O–H groups in total. The fraction of sp³-hybridized carbons (Fsp3) is 0.625. The van der Waals surface area contributed by atoms with Gasteiger partial charge in [-0.1, -0.05) is 11.6 Å². The molecule has 2 rings (SSSR count). The molecule has 5 heteroatoms. The SMILES string of the molecule is CN(C)CCCCNCc1cc(Cl)c2c(c1)OCCCO2. The van der Waals surface area contributed by atoms with Crippen LogP contribution >= 0.6 is 11.6 Å². The number of fused-ring (bicyclic) bond motifs is 1. The molecule has 0 atom stereocenters. The molecule has 1 aliphatic rings. The van der Waals surface area contributed by atoms with E-state index >= 15 is 0 Å². The lowest BCUT2D eigenvalue weighted by atomic mass is 10.2. The largest absolute Gasteiger partial charge is 0.489 e. The van der Waals surface area contributed by atoms with Gasteiger partial charge in [-0.25, -0.2) is 0 Å². The van der Waals surface area contributed by atoms with Crippen molar-refractivity contribution in [1.82, 2.24) is 10.2 Å². The second-order valence-electron chi connectivity index (χ2n) is 5.64. The van der Waals surface area contributed by atoms with E-state index in [1.807, 2.05) is 12.1 Å². The zero-order valence-electron chi connectivity index (χ0n) is 13.0. The van der Waals surface area contributed by atoms with Crippen molar-refractivity contribution in [3.63, 3.8) is 0 Å². The topological polar surface area (TPSA) is 33.7 Å². The van der Waals surface area contributed by atoms with Crippen LogP contribution in [-0.4, -0.2) is 45.3 Å². The van der Waals surface area contributed by atoms with Crippen molar-refractivity contribution >= 4 is 11.6 Å². The highest BCUT2D eigenvalue weighted by atomic mass is 35.5. The molecule has 0 spiro atoms. The Morgan fingerprint density at radius 2 is 2.00 bits per heavy atom. The molecule has 0 unspecified atom stereocenters. The predicted octanol–water partition coefficient (Wildman–Crippen LogP) is 2.93. The van der Waals surface area contributed by atoms with Crippen LogP contribution in [0.2, 0.25) is 5.02 Å². The molecule has 1 aromatic carbocycles. The molecule has 0 saturated heterocycles. The number of nitrogens with zero attached hydrogens (tertiary/aromatic N) is 1. The summed E-state index contributed by atoms with van der Waals surface area (Å²) in [4.78, 5) is 2.21. The number of ether oxygens (including phenoxy) is 2. The molecule has 4 nitrogen and oxygen atoms in total. The van der Waals surface area contributed by atoms with E-state index in [9.17, 15) is 0 Å². The van der Waals surface area contributed by atoms with Gasteiger partial charge in [0, 0.05) is 13.0 Å². The summed E-state index contributed by atoms with van der Waals surface area (Å²) in [6.07, 6.45) is 3.28. The van der Waals surface area contributed by atoms with Crippen molar-refractivity contribution < 1.29 is 9.47 Å². The number of rotatable bonds is 7. The molecule has 0 fully saturated rings. The first-order valence-electron chi connectivity index (χ1n) is 7.60. The van der Waals surface area contributed by atoms with E-state index in [0.29, 0.717) is 24.0 Å². The average Bonchev–Trinajstić information content (AvgIpc) is 2.68. The number of hydrogen-bond acceptors (Lipinski definition) is 4. The number of halogens is 1. The quantitative estimate of drug-likeness (QED) is 0.785. The van der Waals surface area contributed by atoms with Gasteiger partial charge in [0.2, 0.25) is 0 Å². The van der Waals surface area contributed by atoms with Gasteiger partial charge in [0.15, 0.2) is 11.5 Å². The van der Waals surface area contributed by atoms with Crippen molar-refractivity contribution in [1.29, 1.82) is 0 Å². The molecule has 1 aromatic rings. The Hall–Kier alpha value is -0.970. The number of hydrogen-bond donors (Lipinski definition) is 1. The molecule has 1 aliphatic heterocycles. The van der Waals surface area contributed by atoms with Crippen molar-refractivity contribution in [2.24, 2.45) is 0 Å². The molecule has 0 saturated carbocycles. The lowest BCUT2D eigenvalue weighted by Crippen LogP contribution is -2.18. The van der Waals surface area contributed by atoms with Crippen molar-refractivity contribution in [2.45, 2.75) is 25.8 Å². The smallest absolute Gasteiger partial charge is 0.179 e. The predicted molar refractivity (Wildman–Crippen MR) is 86.6 cm³/mol. The van der Waals surface area contributed by atoms with E-state index in [4.69, 9.17) is 21.1 Å². The Bertz CT molecular complexity index is 452. The van der Waals surface area contributed by atoms with Crippen LogP contribution < -0.4 is 14.8 Å². The first-order valence-corrected chi connectivity index (χ1v) is 7.98. The molecule has 1 heterocycles. The standard InChI is InChI=1S/C16H25ClN2O2/c1-19(2)7-4-3-6-18-12-13-10-14(17)16-15(11-13)20-8-5-9-21-16/h10-11,18H,3-9,12H2,1-2H3. The summed E-state index contributed by atoms with van der Waals surface area (Å²) in [5.41, 5.74) is 1.14. The summed E-state index contributed by atoms with van der Waals surface area (Å²) in [5, 5.41) is 4.09. The summed E-state index contributed by atoms with van der Waals surface area (Å²) in [6.45, 7) is 4.30. The summed E-state index contributed by atoms with van der Waals surface area (Å²) in [5.74, 6) is 1.45. The number of unbranched alkanes of at least 4 members (excludes halogenated alkanes) is 1. The maximum absolute atomic E-state index is 6.28. The highest BCUT2D eigenvalue weighted by Gasteiger charge is 2.15. The van der Waals surface area contributed by atoms with Crippen LogP contribution in [0.4, 0.5) is 0 Å². The maximum atomic E-state index is 6.28. The Labute approximate surface area is 132 Å². The fourth-order valence-electron chi connectivity index (χ4n) is 2.30. The van der Waals surface area contributed by atoms with Crippen molar-refractivity contribution in [3.05, 3.63) is 22.7 Å². The lowest BCUT2D eigenvalue weighted by molar-refractivity contribution is 0.297. The molecular weight excluding hydrogens is 288 g/mol. The second-order valence-corrected chi connectivity index (χ2v) is 6.05. The van der Waals surface area contributed by atoms with Gasteiger partial charge in [0.25, 0.3) is 0 Å². The van der Waals surface area contributed by atoms with Crippen LogP contribution in [0.25, 0.3) is 0 Å². The average molecular weight is 313 g/mol. The van der Waals surface area contributed by atoms with Crippen LogP contribution in [0.5, 0.6) is 11.5 Å². The fourth-order valence-corrected chi connectivity index (χ4v) is 2.58. The molecular formula is C16H25ClN2O2. The third kappa shape index (κ3) is 5.38. The monoisotopic (exact) mass is 312 g/mol. The van der Waals surface area contributed by atoms with Crippen molar-refractivity contribution in [3.8, 4) is 11.5 Å². The van der Waals surface area contributed by atoms with Crippen LogP contribution in [-0.2, 0) is 6.54 Å². The van der Waals surface area contributed by atoms with E-state index in [-0.39, 0.29) is 0 Å². The first-order chi connectivity index (χ1) is 10.2. The molecule has 0 amide bonds. The van der Waals surface area contributed by atoms with E-state index in [0.717, 1.165) is 37.4 Å². The van der Waals surface area contributed by atoms with Gasteiger partial charge >= 0.3 is 0 Å². The minimum absolute atomic E-state index is 0.638. The van der Waals surface area contributed by atoms with E-state index < -0.39 is 0 Å². The van der Waals surface area contributed by atoms with E-state index in [1.54, 1.807) is 0 Å². The van der Waals surface area contributed by atoms with Gasteiger partial charge in [0.05, 0.1) is 18.2 Å². The van der Waals surface area contributed by atoms with Crippen LogP contribution in [0.15, 0.2) is 12.1 Å². The zero-order chi connectivity index (χ0) is 15.1. The molecule has 118 valence electrons. The minimum atomic E-state index is 0.638. The van der Waals surface area contributed by atoms with Gasteiger partial charge in [-0.05, 0) is 57.7 Å². The van der Waals surface area contributed by atoms with Gasteiger partial charge in [-0.3, -0.25) is 0 Å². The zero-order valence-corrected chi connectivity index (χ0v) is 13.7.